The van der Waals surface area contributed by atoms with Gasteiger partial charge in [-0.1, -0.05) is 62.4 Å². The Bertz CT molecular complexity index is 1410. The molecule has 0 aliphatic heterocycles. The fourth-order valence-electron chi connectivity index (χ4n) is 4.74. The fourth-order valence-corrected chi connectivity index (χ4v) is 4.74. The number of aromatic hydroxyl groups is 1. The van der Waals surface area contributed by atoms with Crippen molar-refractivity contribution in [2.75, 3.05) is 19.6 Å². The molecule has 6 N–H and O–H groups in total. The van der Waals surface area contributed by atoms with Crippen molar-refractivity contribution in [3.05, 3.63) is 101 Å². The molecular weight excluding hydrogens is 570 g/mol. The summed E-state index contributed by atoms with van der Waals surface area (Å²) in [5.41, 5.74) is 2.70. The molecule has 10 heteroatoms. The molecule has 10 nitrogen and oxygen atoms in total. The number of likely N-dealkylation sites (N-methyl/N-ethyl adjacent to an activating group) is 1. The number of benzene rings is 3. The van der Waals surface area contributed by atoms with Gasteiger partial charge >= 0.3 is 0 Å². The summed E-state index contributed by atoms with van der Waals surface area (Å²) < 4.78 is 0. The van der Waals surface area contributed by atoms with Gasteiger partial charge < -0.3 is 31.7 Å². The van der Waals surface area contributed by atoms with Crippen molar-refractivity contribution in [2.45, 2.75) is 58.7 Å². The molecule has 0 aliphatic rings. The van der Waals surface area contributed by atoms with E-state index in [0.29, 0.717) is 43.6 Å². The first-order valence-corrected chi connectivity index (χ1v) is 15.4. The number of hydrogen-bond acceptors (Lipinski definition) is 6. The van der Waals surface area contributed by atoms with Crippen LogP contribution in [0.4, 0.5) is 0 Å². The Kier molecular flexibility index (Phi) is 13.6. The predicted octanol–water partition coefficient (Wildman–Crippen LogP) is 2.96. The minimum Gasteiger partial charge on any atom is -0.508 e. The van der Waals surface area contributed by atoms with E-state index >= 15 is 0 Å². The van der Waals surface area contributed by atoms with Gasteiger partial charge in [0.15, 0.2) is 0 Å². The number of amides is 4. The molecule has 0 aliphatic carbocycles. The molecule has 3 atom stereocenters. The van der Waals surface area contributed by atoms with Crippen LogP contribution < -0.4 is 26.6 Å². The van der Waals surface area contributed by atoms with Crippen LogP contribution in [-0.2, 0) is 22.4 Å². The Hall–Kier alpha value is -4.70. The Morgan fingerprint density at radius 3 is 2.04 bits per heavy atom. The largest absolute Gasteiger partial charge is 0.508 e. The molecule has 3 aromatic rings. The smallest absolute Gasteiger partial charge is 0.251 e. The average Bonchev–Trinajstić information content (AvgIpc) is 3.03. The molecule has 0 radical (unpaired) electrons. The Morgan fingerprint density at radius 2 is 1.40 bits per heavy atom. The highest BCUT2D eigenvalue weighted by Gasteiger charge is 2.26. The molecule has 0 bridgehead atoms. The Labute approximate surface area is 265 Å². The summed E-state index contributed by atoms with van der Waals surface area (Å²) in [6.07, 6.45) is 1.11. The van der Waals surface area contributed by atoms with Crippen LogP contribution in [0, 0.1) is 5.92 Å². The highest BCUT2D eigenvalue weighted by atomic mass is 16.3. The second-order valence-electron chi connectivity index (χ2n) is 11.4. The van der Waals surface area contributed by atoms with Crippen LogP contribution in [-0.4, -0.2) is 66.5 Å². The maximum atomic E-state index is 13.4. The fraction of sp³-hybridized carbons (Fsp3) is 0.371. The van der Waals surface area contributed by atoms with Crippen molar-refractivity contribution < 1.29 is 24.3 Å². The Balaban J connectivity index is 1.63. The first kappa shape index (κ1) is 34.8. The van der Waals surface area contributed by atoms with Crippen LogP contribution >= 0.6 is 0 Å². The van der Waals surface area contributed by atoms with Crippen molar-refractivity contribution in [1.82, 2.24) is 26.6 Å². The van der Waals surface area contributed by atoms with Gasteiger partial charge in [0.05, 0.1) is 6.04 Å². The van der Waals surface area contributed by atoms with E-state index in [1.807, 2.05) is 51.1 Å². The highest BCUT2D eigenvalue weighted by molar-refractivity contribution is 5.99. The molecular formula is C35H45N5O5. The van der Waals surface area contributed by atoms with E-state index in [9.17, 15) is 24.3 Å². The van der Waals surface area contributed by atoms with Gasteiger partial charge in [-0.3, -0.25) is 19.2 Å². The van der Waals surface area contributed by atoms with Crippen LogP contribution in [0.25, 0.3) is 0 Å². The molecule has 3 rings (SSSR count). The summed E-state index contributed by atoms with van der Waals surface area (Å²) in [5, 5.41) is 24.2. The number of nitrogens with one attached hydrogen (secondary N) is 5. The van der Waals surface area contributed by atoms with Crippen LogP contribution in [0.3, 0.4) is 0 Å². The third-order valence-electron chi connectivity index (χ3n) is 7.34. The first-order valence-electron chi connectivity index (χ1n) is 15.4. The van der Waals surface area contributed by atoms with Crippen LogP contribution in [0.15, 0.2) is 78.9 Å². The van der Waals surface area contributed by atoms with Gasteiger partial charge in [-0.05, 0) is 74.1 Å². The minimum absolute atomic E-state index is 0.0880. The Morgan fingerprint density at radius 1 is 0.733 bits per heavy atom. The SMILES string of the molecule is CCNC(=O)[C@@H](NC(=O)[C@H](C)NC[C@H](Cc1ccccc1)NC(=O)c1cccc(C(=O)NCCc2ccc(O)cc2)c1)C(C)C. The molecule has 4 amide bonds. The molecule has 0 heterocycles. The van der Waals surface area contributed by atoms with Gasteiger partial charge in [0.1, 0.15) is 11.8 Å². The maximum absolute atomic E-state index is 13.4. The second kappa shape index (κ2) is 17.6. The van der Waals surface area contributed by atoms with Gasteiger partial charge in [-0.25, -0.2) is 0 Å². The lowest BCUT2D eigenvalue weighted by Crippen LogP contribution is -2.55. The van der Waals surface area contributed by atoms with Gasteiger partial charge in [0.2, 0.25) is 11.8 Å². The third kappa shape index (κ3) is 11.4. The summed E-state index contributed by atoms with van der Waals surface area (Å²) in [6, 6.07) is 21.4. The van der Waals surface area contributed by atoms with Gasteiger partial charge in [-0.2, -0.15) is 0 Å². The van der Waals surface area contributed by atoms with E-state index < -0.39 is 12.1 Å². The van der Waals surface area contributed by atoms with E-state index in [1.54, 1.807) is 55.5 Å². The van der Waals surface area contributed by atoms with Crippen LogP contribution in [0.5, 0.6) is 5.75 Å². The molecule has 0 saturated heterocycles. The van der Waals surface area contributed by atoms with Crippen molar-refractivity contribution in [3.8, 4) is 5.75 Å². The zero-order chi connectivity index (χ0) is 32.8. The molecule has 45 heavy (non-hydrogen) atoms. The summed E-state index contributed by atoms with van der Waals surface area (Å²) >= 11 is 0. The quantitative estimate of drug-likeness (QED) is 0.146. The van der Waals surface area contributed by atoms with E-state index in [4.69, 9.17) is 0 Å². The number of hydrogen-bond donors (Lipinski definition) is 6. The highest BCUT2D eigenvalue weighted by Crippen LogP contribution is 2.11. The van der Waals surface area contributed by atoms with Crippen molar-refractivity contribution >= 4 is 23.6 Å². The van der Waals surface area contributed by atoms with Gasteiger partial charge in [0.25, 0.3) is 11.8 Å². The number of rotatable bonds is 16. The van der Waals surface area contributed by atoms with Crippen molar-refractivity contribution in [2.24, 2.45) is 5.92 Å². The van der Waals surface area contributed by atoms with Crippen molar-refractivity contribution in [3.63, 3.8) is 0 Å². The number of phenols is 1. The molecule has 0 aromatic heterocycles. The molecule has 240 valence electrons. The van der Waals surface area contributed by atoms with Crippen molar-refractivity contribution in [1.29, 1.82) is 0 Å². The maximum Gasteiger partial charge on any atom is 0.251 e. The zero-order valence-electron chi connectivity index (χ0n) is 26.4. The van der Waals surface area contributed by atoms with E-state index in [-0.39, 0.29) is 41.3 Å². The number of phenolic OH excluding ortho intramolecular Hbond substituents is 1. The zero-order valence-corrected chi connectivity index (χ0v) is 26.4. The van der Waals surface area contributed by atoms with E-state index in [0.717, 1.165) is 11.1 Å². The van der Waals surface area contributed by atoms with Crippen LogP contribution in [0.1, 0.15) is 59.5 Å². The lowest BCUT2D eigenvalue weighted by atomic mass is 10.0. The van der Waals surface area contributed by atoms with Gasteiger partial charge in [0, 0.05) is 36.8 Å². The van der Waals surface area contributed by atoms with Gasteiger partial charge in [-0.15, -0.1) is 0 Å². The molecule has 0 saturated carbocycles. The molecule has 0 spiro atoms. The van der Waals surface area contributed by atoms with Crippen LogP contribution in [0.2, 0.25) is 0 Å². The molecule has 0 fully saturated rings. The standard InChI is InChI=1S/C35H45N5O5/c1-5-36-35(45)31(23(2)3)40-32(42)24(4)38-22-29(20-26-10-7-6-8-11-26)39-34(44)28-13-9-12-27(21-28)33(43)37-19-18-25-14-16-30(41)17-15-25/h6-17,21,23-24,29,31,38,41H,5,18-20,22H2,1-4H3,(H,36,45)(H,37,43)(H,39,44)(H,40,42)/t24-,29-,31-/m0/s1. The molecule has 3 aromatic carbocycles. The third-order valence-corrected chi connectivity index (χ3v) is 7.34. The average molecular weight is 616 g/mol. The lowest BCUT2D eigenvalue weighted by Gasteiger charge is -2.25. The summed E-state index contributed by atoms with van der Waals surface area (Å²) in [7, 11) is 0. The monoisotopic (exact) mass is 615 g/mol. The number of carbonyl (C=O) groups is 4. The topological polar surface area (TPSA) is 149 Å². The minimum atomic E-state index is -0.654. The molecule has 0 unspecified atom stereocenters. The lowest BCUT2D eigenvalue weighted by molar-refractivity contribution is -0.130. The van der Waals surface area contributed by atoms with E-state index in [1.165, 1.54) is 0 Å². The summed E-state index contributed by atoms with van der Waals surface area (Å²) in [6.45, 7) is 8.46. The first-order chi connectivity index (χ1) is 21.6. The second-order valence-corrected chi connectivity index (χ2v) is 11.4. The van der Waals surface area contributed by atoms with E-state index in [2.05, 4.69) is 26.6 Å². The predicted molar refractivity (Wildman–Crippen MR) is 175 cm³/mol. The summed E-state index contributed by atoms with van der Waals surface area (Å²) in [5.74, 6) is -1.07. The number of carbonyl (C=O) groups excluding carboxylic acids is 4. The summed E-state index contributed by atoms with van der Waals surface area (Å²) in [4.78, 5) is 51.6. The normalized spacial score (nSPS) is 12.9.